The Morgan fingerprint density at radius 2 is 1.91 bits per heavy atom. The predicted octanol–water partition coefficient (Wildman–Crippen LogP) is 2.18. The average molecular weight is 346 g/mol. The van der Waals surface area contributed by atoms with Crippen molar-refractivity contribution in [2.45, 2.75) is 38.1 Å². The number of carbonyl (C=O) groups excluding carboxylic acids is 1. The maximum atomic E-state index is 13.9. The first-order valence-corrected chi connectivity index (χ1v) is 9.34. The standard InChI is InChI=1S/C15H20F2N2O3S/c1-23(21,22)19(14-8-7-11(16)9-13(14)17)10-15(20)18-12-5-3-2-4-6-12/h7-9,12H,2-6,10H2,1H3,(H,18,20). The molecule has 0 bridgehead atoms. The lowest BCUT2D eigenvalue weighted by atomic mass is 9.95. The van der Waals surface area contributed by atoms with Crippen molar-refractivity contribution in [3.05, 3.63) is 29.8 Å². The summed E-state index contributed by atoms with van der Waals surface area (Å²) in [5.41, 5.74) is -0.340. The van der Waals surface area contributed by atoms with Crippen molar-refractivity contribution < 1.29 is 22.0 Å². The first-order valence-electron chi connectivity index (χ1n) is 7.49. The molecule has 0 radical (unpaired) electrons. The molecule has 0 saturated heterocycles. The SMILES string of the molecule is CS(=O)(=O)N(CC(=O)NC1CCCCC1)c1ccc(F)cc1F. The highest BCUT2D eigenvalue weighted by molar-refractivity contribution is 7.92. The quantitative estimate of drug-likeness (QED) is 0.889. The summed E-state index contributed by atoms with van der Waals surface area (Å²) in [4.78, 5) is 12.1. The molecular formula is C15H20F2N2O3S. The lowest BCUT2D eigenvalue weighted by molar-refractivity contribution is -0.120. The van der Waals surface area contributed by atoms with Crippen molar-refractivity contribution in [2.75, 3.05) is 17.1 Å². The van der Waals surface area contributed by atoms with E-state index in [-0.39, 0.29) is 11.7 Å². The van der Waals surface area contributed by atoms with Crippen LogP contribution in [0, 0.1) is 11.6 Å². The number of halogens is 2. The van der Waals surface area contributed by atoms with Gasteiger partial charge in [0.05, 0.1) is 11.9 Å². The van der Waals surface area contributed by atoms with Crippen molar-refractivity contribution >= 4 is 21.6 Å². The molecule has 0 heterocycles. The minimum atomic E-state index is -3.88. The molecule has 1 aliphatic rings. The molecule has 2 rings (SSSR count). The van der Waals surface area contributed by atoms with Gasteiger partial charge in [-0.05, 0) is 25.0 Å². The van der Waals surface area contributed by atoms with Crippen LogP contribution in [0.2, 0.25) is 0 Å². The van der Waals surface area contributed by atoms with Crippen molar-refractivity contribution in [1.29, 1.82) is 0 Å². The molecular weight excluding hydrogens is 326 g/mol. The summed E-state index contributed by atoms with van der Waals surface area (Å²) in [7, 11) is -3.88. The fourth-order valence-corrected chi connectivity index (χ4v) is 3.57. The second-order valence-electron chi connectivity index (χ2n) is 5.77. The fourth-order valence-electron chi connectivity index (χ4n) is 2.72. The van der Waals surface area contributed by atoms with Gasteiger partial charge in [0.1, 0.15) is 18.2 Å². The van der Waals surface area contributed by atoms with Crippen molar-refractivity contribution in [3.63, 3.8) is 0 Å². The van der Waals surface area contributed by atoms with E-state index in [1.54, 1.807) is 0 Å². The zero-order valence-electron chi connectivity index (χ0n) is 12.9. The van der Waals surface area contributed by atoms with Crippen LogP contribution in [0.15, 0.2) is 18.2 Å². The molecule has 1 saturated carbocycles. The molecule has 1 aromatic rings. The molecule has 1 aromatic carbocycles. The van der Waals surface area contributed by atoms with E-state index in [1.807, 2.05) is 0 Å². The van der Waals surface area contributed by atoms with E-state index in [9.17, 15) is 22.0 Å². The first kappa shape index (κ1) is 17.7. The van der Waals surface area contributed by atoms with Gasteiger partial charge < -0.3 is 5.32 Å². The van der Waals surface area contributed by atoms with Crippen LogP contribution in [-0.4, -0.2) is 33.2 Å². The summed E-state index contributed by atoms with van der Waals surface area (Å²) in [6.07, 6.45) is 5.76. The lowest BCUT2D eigenvalue weighted by Gasteiger charge is -2.26. The predicted molar refractivity (Wildman–Crippen MR) is 83.6 cm³/mol. The van der Waals surface area contributed by atoms with E-state index < -0.39 is 34.1 Å². The van der Waals surface area contributed by atoms with Crippen LogP contribution in [0.1, 0.15) is 32.1 Å². The molecule has 0 aliphatic heterocycles. The number of nitrogens with zero attached hydrogens (tertiary/aromatic N) is 1. The van der Waals surface area contributed by atoms with Crippen LogP contribution in [0.25, 0.3) is 0 Å². The molecule has 8 heteroatoms. The second-order valence-corrected chi connectivity index (χ2v) is 7.67. The molecule has 1 amide bonds. The van der Waals surface area contributed by atoms with Crippen LogP contribution < -0.4 is 9.62 Å². The van der Waals surface area contributed by atoms with E-state index in [4.69, 9.17) is 0 Å². The van der Waals surface area contributed by atoms with E-state index in [0.717, 1.165) is 50.5 Å². The number of sulfonamides is 1. The van der Waals surface area contributed by atoms with Gasteiger partial charge in [-0.15, -0.1) is 0 Å². The summed E-state index contributed by atoms with van der Waals surface area (Å²) >= 11 is 0. The van der Waals surface area contributed by atoms with Crippen LogP contribution in [0.4, 0.5) is 14.5 Å². The molecule has 1 aliphatic carbocycles. The number of hydrogen-bond acceptors (Lipinski definition) is 3. The summed E-state index contributed by atoms with van der Waals surface area (Å²) in [5.74, 6) is -2.33. The van der Waals surface area contributed by atoms with Gasteiger partial charge in [-0.2, -0.15) is 0 Å². The Morgan fingerprint density at radius 3 is 2.48 bits per heavy atom. The third-order valence-electron chi connectivity index (χ3n) is 3.84. The Labute approximate surface area is 134 Å². The van der Waals surface area contributed by atoms with Crippen LogP contribution in [0.3, 0.4) is 0 Å². The Morgan fingerprint density at radius 1 is 1.26 bits per heavy atom. The van der Waals surface area contributed by atoms with Gasteiger partial charge in [0, 0.05) is 12.1 Å². The zero-order chi connectivity index (χ0) is 17.0. The molecule has 23 heavy (non-hydrogen) atoms. The average Bonchev–Trinajstić information content (AvgIpc) is 2.45. The third kappa shape index (κ3) is 4.89. The Kier molecular flexibility index (Phi) is 5.56. The van der Waals surface area contributed by atoms with E-state index >= 15 is 0 Å². The van der Waals surface area contributed by atoms with Gasteiger partial charge in [0.2, 0.25) is 15.9 Å². The molecule has 0 atom stereocenters. The van der Waals surface area contributed by atoms with Crippen molar-refractivity contribution in [2.24, 2.45) is 0 Å². The molecule has 0 aromatic heterocycles. The largest absolute Gasteiger partial charge is 0.352 e. The minimum Gasteiger partial charge on any atom is -0.352 e. The van der Waals surface area contributed by atoms with Gasteiger partial charge >= 0.3 is 0 Å². The minimum absolute atomic E-state index is 0.0238. The van der Waals surface area contributed by atoms with Crippen LogP contribution in [-0.2, 0) is 14.8 Å². The second kappa shape index (κ2) is 7.25. The number of carbonyl (C=O) groups is 1. The van der Waals surface area contributed by atoms with Gasteiger partial charge in [0.15, 0.2) is 0 Å². The number of hydrogen-bond donors (Lipinski definition) is 1. The first-order chi connectivity index (χ1) is 10.8. The van der Waals surface area contributed by atoms with Gasteiger partial charge in [0.25, 0.3) is 0 Å². The van der Waals surface area contributed by atoms with Crippen LogP contribution in [0.5, 0.6) is 0 Å². The van der Waals surface area contributed by atoms with Crippen molar-refractivity contribution in [1.82, 2.24) is 5.32 Å². The van der Waals surface area contributed by atoms with Crippen molar-refractivity contribution in [3.8, 4) is 0 Å². The summed E-state index contributed by atoms with van der Waals surface area (Å²) in [5, 5.41) is 2.78. The smallest absolute Gasteiger partial charge is 0.240 e. The Bertz CT molecular complexity index is 673. The highest BCUT2D eigenvalue weighted by atomic mass is 32.2. The molecule has 1 N–H and O–H groups in total. The highest BCUT2D eigenvalue weighted by Gasteiger charge is 2.25. The third-order valence-corrected chi connectivity index (χ3v) is 4.96. The van der Waals surface area contributed by atoms with E-state index in [1.165, 1.54) is 0 Å². The number of nitrogens with one attached hydrogen (secondary N) is 1. The number of anilines is 1. The molecule has 128 valence electrons. The molecule has 0 spiro atoms. The Hall–Kier alpha value is -1.70. The Balaban J connectivity index is 2.14. The van der Waals surface area contributed by atoms with E-state index in [2.05, 4.69) is 5.32 Å². The topological polar surface area (TPSA) is 66.5 Å². The summed E-state index contributed by atoms with van der Waals surface area (Å²) < 4.78 is 51.3. The van der Waals surface area contributed by atoms with Gasteiger partial charge in [-0.25, -0.2) is 17.2 Å². The maximum Gasteiger partial charge on any atom is 0.240 e. The normalized spacial score (nSPS) is 16.1. The summed E-state index contributed by atoms with van der Waals surface area (Å²) in [6, 6.07) is 2.58. The summed E-state index contributed by atoms with van der Waals surface area (Å²) in [6.45, 7) is -0.530. The lowest BCUT2D eigenvalue weighted by Crippen LogP contribution is -2.44. The highest BCUT2D eigenvalue weighted by Crippen LogP contribution is 2.23. The molecule has 5 nitrogen and oxygen atoms in total. The monoisotopic (exact) mass is 346 g/mol. The number of benzene rings is 1. The van der Waals surface area contributed by atoms with Gasteiger partial charge in [-0.3, -0.25) is 9.10 Å². The number of rotatable bonds is 5. The van der Waals surface area contributed by atoms with Gasteiger partial charge in [-0.1, -0.05) is 19.3 Å². The zero-order valence-corrected chi connectivity index (χ0v) is 13.7. The van der Waals surface area contributed by atoms with E-state index in [0.29, 0.717) is 10.4 Å². The van der Waals surface area contributed by atoms with Crippen LogP contribution >= 0.6 is 0 Å². The fraction of sp³-hybridized carbons (Fsp3) is 0.533. The molecule has 1 fully saturated rings. The molecule has 0 unspecified atom stereocenters. The number of amides is 1. The maximum absolute atomic E-state index is 13.9.